The lowest BCUT2D eigenvalue weighted by molar-refractivity contribution is 0.102. The number of methoxy groups -OCH3 is 1. The zero-order valence-corrected chi connectivity index (χ0v) is 15.9. The second-order valence-corrected chi connectivity index (χ2v) is 7.27. The molecule has 1 amide bonds. The fourth-order valence-electron chi connectivity index (χ4n) is 2.90. The summed E-state index contributed by atoms with van der Waals surface area (Å²) >= 11 is 1.39. The molecule has 0 radical (unpaired) electrons. The minimum Gasteiger partial charge on any atom is -0.497 e. The summed E-state index contributed by atoms with van der Waals surface area (Å²) in [6, 6.07) is 21.9. The zero-order valence-electron chi connectivity index (χ0n) is 15.1. The average Bonchev–Trinajstić information content (AvgIpc) is 3.15. The molecule has 5 nitrogen and oxygen atoms in total. The topological polar surface area (TPSA) is 71.5 Å². The van der Waals surface area contributed by atoms with Gasteiger partial charge < -0.3 is 9.84 Å². The van der Waals surface area contributed by atoms with Crippen LogP contribution in [0.15, 0.2) is 72.8 Å². The molecule has 140 valence electrons. The largest absolute Gasteiger partial charge is 0.497 e. The zero-order chi connectivity index (χ0) is 19.5. The smallest absolute Gasteiger partial charge is 0.257 e. The number of anilines is 1. The number of fused-ring (bicyclic) bond motifs is 1. The van der Waals surface area contributed by atoms with Gasteiger partial charge in [-0.1, -0.05) is 53.8 Å². The third kappa shape index (κ3) is 3.74. The molecule has 0 saturated heterocycles. The first-order chi connectivity index (χ1) is 13.6. The molecule has 3 aromatic carbocycles. The van der Waals surface area contributed by atoms with Crippen LogP contribution in [0, 0.1) is 0 Å². The van der Waals surface area contributed by atoms with E-state index in [4.69, 9.17) is 4.74 Å². The lowest BCUT2D eigenvalue weighted by Crippen LogP contribution is -2.11. The van der Waals surface area contributed by atoms with E-state index in [2.05, 4.69) is 10.3 Å². The van der Waals surface area contributed by atoms with E-state index in [1.165, 1.54) is 11.3 Å². The molecule has 6 heteroatoms. The normalized spacial score (nSPS) is 11.9. The van der Waals surface area contributed by atoms with E-state index < -0.39 is 6.10 Å². The highest BCUT2D eigenvalue weighted by molar-refractivity contribution is 7.22. The number of hydrogen-bond donors (Lipinski definition) is 2. The number of aliphatic hydroxyl groups excluding tert-OH is 1. The highest BCUT2D eigenvalue weighted by atomic mass is 32.1. The van der Waals surface area contributed by atoms with Crippen LogP contribution < -0.4 is 10.1 Å². The van der Waals surface area contributed by atoms with Crippen LogP contribution in [0.4, 0.5) is 5.13 Å². The first kappa shape index (κ1) is 18.2. The van der Waals surface area contributed by atoms with Crippen LogP contribution in [0.2, 0.25) is 0 Å². The number of rotatable bonds is 5. The minimum absolute atomic E-state index is 0.244. The van der Waals surface area contributed by atoms with Gasteiger partial charge in [0, 0.05) is 5.56 Å². The molecule has 0 aliphatic rings. The molecule has 4 rings (SSSR count). The van der Waals surface area contributed by atoms with Gasteiger partial charge in [0.1, 0.15) is 11.9 Å². The van der Waals surface area contributed by atoms with Crippen LogP contribution in [-0.4, -0.2) is 23.1 Å². The van der Waals surface area contributed by atoms with Gasteiger partial charge in [0.05, 0.1) is 17.3 Å². The second-order valence-electron chi connectivity index (χ2n) is 6.24. The fourth-order valence-corrected chi connectivity index (χ4v) is 3.79. The van der Waals surface area contributed by atoms with Crippen molar-refractivity contribution >= 4 is 32.6 Å². The molecule has 28 heavy (non-hydrogen) atoms. The van der Waals surface area contributed by atoms with Crippen molar-refractivity contribution in [3.63, 3.8) is 0 Å². The SMILES string of the molecule is COc1ccc2nc(NC(=O)c3ccc(C(O)c4ccccc4)cc3)sc2c1. The number of aliphatic hydroxyl groups is 1. The molecule has 2 N–H and O–H groups in total. The fraction of sp³-hybridized carbons (Fsp3) is 0.0909. The molecule has 0 aliphatic heterocycles. The Balaban J connectivity index is 1.49. The minimum atomic E-state index is -0.724. The number of hydrogen-bond acceptors (Lipinski definition) is 5. The van der Waals surface area contributed by atoms with E-state index >= 15 is 0 Å². The van der Waals surface area contributed by atoms with Crippen LogP contribution in [0.3, 0.4) is 0 Å². The Labute approximate surface area is 166 Å². The molecule has 0 spiro atoms. The summed E-state index contributed by atoms with van der Waals surface area (Å²) < 4.78 is 6.16. The average molecular weight is 390 g/mol. The Bertz CT molecular complexity index is 1110. The lowest BCUT2D eigenvalue weighted by Gasteiger charge is -2.11. The van der Waals surface area contributed by atoms with Gasteiger partial charge in [-0.25, -0.2) is 4.98 Å². The van der Waals surface area contributed by atoms with Gasteiger partial charge in [0.2, 0.25) is 0 Å². The lowest BCUT2D eigenvalue weighted by atomic mass is 10.0. The van der Waals surface area contributed by atoms with E-state index in [-0.39, 0.29) is 5.91 Å². The Morgan fingerprint density at radius 1 is 1.04 bits per heavy atom. The van der Waals surface area contributed by atoms with E-state index in [1.807, 2.05) is 48.5 Å². The van der Waals surface area contributed by atoms with Crippen molar-refractivity contribution in [2.45, 2.75) is 6.10 Å². The van der Waals surface area contributed by atoms with E-state index in [9.17, 15) is 9.90 Å². The second kappa shape index (κ2) is 7.80. The molecule has 1 heterocycles. The number of carbonyl (C=O) groups excluding carboxylic acids is 1. The van der Waals surface area contributed by atoms with Crippen molar-refractivity contribution in [3.8, 4) is 5.75 Å². The summed E-state index contributed by atoms with van der Waals surface area (Å²) in [5.41, 5.74) is 2.85. The molecule has 1 aromatic heterocycles. The van der Waals surface area contributed by atoms with Crippen molar-refractivity contribution in [2.75, 3.05) is 12.4 Å². The van der Waals surface area contributed by atoms with Crippen molar-refractivity contribution in [3.05, 3.63) is 89.5 Å². The third-order valence-corrected chi connectivity index (χ3v) is 5.35. The standard InChI is InChI=1S/C22H18N2O3S/c1-27-17-11-12-18-19(13-17)28-22(23-18)24-21(26)16-9-7-15(8-10-16)20(25)14-5-3-2-4-6-14/h2-13,20,25H,1H3,(H,23,24,26). The van der Waals surface area contributed by atoms with Crippen molar-refractivity contribution < 1.29 is 14.6 Å². The Kier molecular flexibility index (Phi) is 5.06. The molecule has 1 unspecified atom stereocenters. The van der Waals surface area contributed by atoms with Crippen LogP contribution >= 0.6 is 11.3 Å². The van der Waals surface area contributed by atoms with Crippen molar-refractivity contribution in [1.82, 2.24) is 4.98 Å². The molecule has 4 aromatic rings. The molecule has 1 atom stereocenters. The number of amides is 1. The Hall–Kier alpha value is -3.22. The van der Waals surface area contributed by atoms with Gasteiger partial charge in [0.25, 0.3) is 5.91 Å². The number of aromatic nitrogens is 1. The summed E-state index contributed by atoms with van der Waals surface area (Å²) in [6.07, 6.45) is -0.724. The number of nitrogens with zero attached hydrogens (tertiary/aromatic N) is 1. The number of nitrogens with one attached hydrogen (secondary N) is 1. The summed E-state index contributed by atoms with van der Waals surface area (Å²) in [7, 11) is 1.61. The quantitative estimate of drug-likeness (QED) is 0.521. The number of ether oxygens (including phenoxy) is 1. The van der Waals surface area contributed by atoms with E-state index in [0.29, 0.717) is 10.7 Å². The van der Waals surface area contributed by atoms with Gasteiger partial charge in [-0.2, -0.15) is 0 Å². The summed E-state index contributed by atoms with van der Waals surface area (Å²) in [4.78, 5) is 17.0. The van der Waals surface area contributed by atoms with Crippen LogP contribution in [-0.2, 0) is 0 Å². The van der Waals surface area contributed by atoms with Crippen LogP contribution in [0.25, 0.3) is 10.2 Å². The molecule has 0 saturated carbocycles. The predicted molar refractivity (Wildman–Crippen MR) is 111 cm³/mol. The highest BCUT2D eigenvalue weighted by Gasteiger charge is 2.13. The first-order valence-electron chi connectivity index (χ1n) is 8.73. The maximum absolute atomic E-state index is 12.5. The number of carbonyl (C=O) groups is 1. The molecule has 0 bridgehead atoms. The van der Waals surface area contributed by atoms with E-state index in [0.717, 1.165) is 27.1 Å². The van der Waals surface area contributed by atoms with Crippen molar-refractivity contribution in [2.24, 2.45) is 0 Å². The molecule has 0 fully saturated rings. The number of thiazole rings is 1. The molecular weight excluding hydrogens is 372 g/mol. The highest BCUT2D eigenvalue weighted by Crippen LogP contribution is 2.29. The summed E-state index contributed by atoms with van der Waals surface area (Å²) in [5, 5.41) is 13.8. The number of benzene rings is 3. The van der Waals surface area contributed by atoms with Gasteiger partial charge in [-0.3, -0.25) is 10.1 Å². The van der Waals surface area contributed by atoms with Gasteiger partial charge in [0.15, 0.2) is 5.13 Å². The third-order valence-electron chi connectivity index (χ3n) is 4.42. The van der Waals surface area contributed by atoms with Crippen LogP contribution in [0.1, 0.15) is 27.6 Å². The van der Waals surface area contributed by atoms with Gasteiger partial charge in [-0.05, 0) is 41.5 Å². The maximum Gasteiger partial charge on any atom is 0.257 e. The predicted octanol–water partition coefficient (Wildman–Crippen LogP) is 4.64. The summed E-state index contributed by atoms with van der Waals surface area (Å²) in [6.45, 7) is 0. The Morgan fingerprint density at radius 2 is 1.75 bits per heavy atom. The Morgan fingerprint density at radius 3 is 2.46 bits per heavy atom. The molecule has 0 aliphatic carbocycles. The maximum atomic E-state index is 12.5. The first-order valence-corrected chi connectivity index (χ1v) is 9.54. The molecular formula is C22H18N2O3S. The van der Waals surface area contributed by atoms with E-state index in [1.54, 1.807) is 31.4 Å². The van der Waals surface area contributed by atoms with Gasteiger partial charge >= 0.3 is 0 Å². The van der Waals surface area contributed by atoms with Gasteiger partial charge in [-0.15, -0.1) is 0 Å². The summed E-state index contributed by atoms with van der Waals surface area (Å²) in [5.74, 6) is 0.508. The monoisotopic (exact) mass is 390 g/mol. The van der Waals surface area contributed by atoms with Crippen LogP contribution in [0.5, 0.6) is 5.75 Å². The van der Waals surface area contributed by atoms with Crippen molar-refractivity contribution in [1.29, 1.82) is 0 Å².